The van der Waals surface area contributed by atoms with Crippen LogP contribution in [0.15, 0.2) is 35.0 Å². The second-order valence-corrected chi connectivity index (χ2v) is 6.38. The Morgan fingerprint density at radius 3 is 3.08 bits per heavy atom. The van der Waals surface area contributed by atoms with Crippen molar-refractivity contribution in [2.45, 2.75) is 38.8 Å². The quantitative estimate of drug-likeness (QED) is 0.792. The normalized spacial score (nSPS) is 18.6. The molecule has 0 saturated carbocycles. The minimum Gasteiger partial charge on any atom is -0.359 e. The van der Waals surface area contributed by atoms with Crippen molar-refractivity contribution in [1.29, 1.82) is 0 Å². The van der Waals surface area contributed by atoms with Crippen molar-refractivity contribution in [3.63, 3.8) is 0 Å². The molecule has 2 atom stereocenters. The van der Waals surface area contributed by atoms with E-state index < -0.39 is 0 Å². The van der Waals surface area contributed by atoms with Crippen LogP contribution in [0.5, 0.6) is 0 Å². The molecule has 1 saturated heterocycles. The van der Waals surface area contributed by atoms with Gasteiger partial charge in [-0.15, -0.1) is 10.2 Å². The van der Waals surface area contributed by atoms with E-state index in [1.165, 1.54) is 0 Å². The van der Waals surface area contributed by atoms with Gasteiger partial charge in [-0.3, -0.25) is 4.40 Å². The number of fused-ring (bicyclic) bond motifs is 1. The van der Waals surface area contributed by atoms with Gasteiger partial charge in [0, 0.05) is 18.8 Å². The third-order valence-electron chi connectivity index (χ3n) is 4.56. The number of rotatable bonds is 3. The van der Waals surface area contributed by atoms with E-state index in [1.54, 1.807) is 4.90 Å². The van der Waals surface area contributed by atoms with E-state index >= 15 is 0 Å². The topological polar surface area (TPSA) is 88.6 Å². The Kier molecular flexibility index (Phi) is 3.87. The highest BCUT2D eigenvalue weighted by molar-refractivity contribution is 5.75. The molecule has 8 nitrogen and oxygen atoms in total. The van der Waals surface area contributed by atoms with E-state index in [4.69, 9.17) is 4.52 Å². The number of carbonyl (C=O) groups excluding carboxylic acids is 1. The zero-order chi connectivity index (χ0) is 17.4. The Morgan fingerprint density at radius 1 is 1.40 bits per heavy atom. The molecule has 4 heterocycles. The van der Waals surface area contributed by atoms with Crippen molar-refractivity contribution in [2.24, 2.45) is 0 Å². The third kappa shape index (κ3) is 2.84. The maximum Gasteiger partial charge on any atom is 0.318 e. The number of hydrogen-bond donors (Lipinski definition) is 1. The summed E-state index contributed by atoms with van der Waals surface area (Å²) in [5.41, 5.74) is 1.58. The SMILES string of the molecule is Cc1cc(C2CCCN2C(=O)NC(C)c2nnc3ccccn23)on1. The Balaban J connectivity index is 1.51. The number of nitrogens with one attached hydrogen (secondary N) is 1. The van der Waals surface area contributed by atoms with Crippen LogP contribution in [0.4, 0.5) is 4.79 Å². The van der Waals surface area contributed by atoms with Gasteiger partial charge in [-0.05, 0) is 38.8 Å². The minimum absolute atomic E-state index is 0.0662. The number of nitrogens with zero attached hydrogens (tertiary/aromatic N) is 5. The number of aromatic nitrogens is 4. The molecule has 3 aromatic rings. The molecule has 3 aromatic heterocycles. The van der Waals surface area contributed by atoms with Crippen LogP contribution < -0.4 is 5.32 Å². The summed E-state index contributed by atoms with van der Waals surface area (Å²) in [6, 6.07) is 7.14. The molecular formula is C17H20N6O2. The molecule has 0 radical (unpaired) electrons. The number of urea groups is 1. The summed E-state index contributed by atoms with van der Waals surface area (Å²) in [6.45, 7) is 4.49. The van der Waals surface area contributed by atoms with Crippen LogP contribution in [0.1, 0.15) is 49.1 Å². The summed E-state index contributed by atoms with van der Waals surface area (Å²) in [7, 11) is 0. The van der Waals surface area contributed by atoms with Gasteiger partial charge in [0.05, 0.1) is 17.8 Å². The Hall–Kier alpha value is -2.90. The van der Waals surface area contributed by atoms with Gasteiger partial charge in [-0.1, -0.05) is 11.2 Å². The number of aryl methyl sites for hydroxylation is 1. The average molecular weight is 340 g/mol. The van der Waals surface area contributed by atoms with Gasteiger partial charge < -0.3 is 14.7 Å². The summed E-state index contributed by atoms with van der Waals surface area (Å²) >= 11 is 0. The van der Waals surface area contributed by atoms with Gasteiger partial charge >= 0.3 is 6.03 Å². The second-order valence-electron chi connectivity index (χ2n) is 6.38. The molecule has 25 heavy (non-hydrogen) atoms. The van der Waals surface area contributed by atoms with E-state index in [2.05, 4.69) is 20.7 Å². The van der Waals surface area contributed by atoms with Crippen molar-refractivity contribution in [1.82, 2.24) is 30.0 Å². The number of hydrogen-bond acceptors (Lipinski definition) is 5. The second kappa shape index (κ2) is 6.19. The van der Waals surface area contributed by atoms with Gasteiger partial charge in [0.1, 0.15) is 0 Å². The van der Waals surface area contributed by atoms with E-state index in [0.29, 0.717) is 12.4 Å². The van der Waals surface area contributed by atoms with Crippen LogP contribution in [0.2, 0.25) is 0 Å². The molecule has 2 unspecified atom stereocenters. The van der Waals surface area contributed by atoms with Crippen molar-refractivity contribution in [3.8, 4) is 0 Å². The molecule has 0 bridgehead atoms. The van der Waals surface area contributed by atoms with Crippen LogP contribution in [0, 0.1) is 6.92 Å². The highest BCUT2D eigenvalue weighted by Crippen LogP contribution is 2.32. The van der Waals surface area contributed by atoms with Crippen LogP contribution in [-0.4, -0.2) is 37.2 Å². The Morgan fingerprint density at radius 2 is 2.28 bits per heavy atom. The summed E-state index contributed by atoms with van der Waals surface area (Å²) in [5, 5.41) is 15.3. The Labute approximate surface area is 144 Å². The highest BCUT2D eigenvalue weighted by Gasteiger charge is 2.33. The molecular weight excluding hydrogens is 320 g/mol. The lowest BCUT2D eigenvalue weighted by Gasteiger charge is -2.24. The molecule has 0 aliphatic carbocycles. The number of amides is 2. The first-order chi connectivity index (χ1) is 12.1. The van der Waals surface area contributed by atoms with Gasteiger partial charge in [0.2, 0.25) is 0 Å². The predicted molar refractivity (Wildman–Crippen MR) is 89.9 cm³/mol. The number of likely N-dealkylation sites (tertiary alicyclic amines) is 1. The molecule has 0 spiro atoms. The van der Waals surface area contributed by atoms with Crippen LogP contribution >= 0.6 is 0 Å². The largest absolute Gasteiger partial charge is 0.359 e. The summed E-state index contributed by atoms with van der Waals surface area (Å²) in [6.07, 6.45) is 3.72. The predicted octanol–water partition coefficient (Wildman–Crippen LogP) is 2.63. The van der Waals surface area contributed by atoms with Crippen molar-refractivity contribution in [3.05, 3.63) is 47.7 Å². The van der Waals surface area contributed by atoms with E-state index in [0.717, 1.165) is 29.9 Å². The fraction of sp³-hybridized carbons (Fsp3) is 0.412. The summed E-state index contributed by atoms with van der Waals surface area (Å²) in [4.78, 5) is 14.6. The highest BCUT2D eigenvalue weighted by atomic mass is 16.5. The summed E-state index contributed by atoms with van der Waals surface area (Å²) < 4.78 is 7.25. The Bertz CT molecular complexity index is 901. The lowest BCUT2D eigenvalue weighted by Crippen LogP contribution is -2.41. The molecule has 8 heteroatoms. The van der Waals surface area contributed by atoms with E-state index in [-0.39, 0.29) is 18.1 Å². The van der Waals surface area contributed by atoms with Gasteiger partial charge in [0.25, 0.3) is 0 Å². The first kappa shape index (κ1) is 15.6. The zero-order valence-corrected chi connectivity index (χ0v) is 14.2. The monoisotopic (exact) mass is 340 g/mol. The molecule has 1 N–H and O–H groups in total. The molecule has 0 aromatic carbocycles. The maximum absolute atomic E-state index is 12.8. The third-order valence-corrected chi connectivity index (χ3v) is 4.56. The van der Waals surface area contributed by atoms with E-state index in [9.17, 15) is 4.79 Å². The van der Waals surface area contributed by atoms with E-state index in [1.807, 2.05) is 48.7 Å². The lowest BCUT2D eigenvalue weighted by atomic mass is 10.1. The van der Waals surface area contributed by atoms with Gasteiger partial charge in [0.15, 0.2) is 17.2 Å². The van der Waals surface area contributed by atoms with Crippen LogP contribution in [-0.2, 0) is 0 Å². The minimum atomic E-state index is -0.261. The molecule has 2 amide bonds. The average Bonchev–Trinajstić information content (AvgIpc) is 3.33. The fourth-order valence-electron chi connectivity index (χ4n) is 3.33. The number of pyridine rings is 1. The first-order valence-corrected chi connectivity index (χ1v) is 8.43. The summed E-state index contributed by atoms with van der Waals surface area (Å²) in [5.74, 6) is 1.45. The molecule has 130 valence electrons. The molecule has 4 rings (SSSR count). The zero-order valence-electron chi connectivity index (χ0n) is 14.2. The lowest BCUT2D eigenvalue weighted by molar-refractivity contribution is 0.179. The molecule has 1 fully saturated rings. The fourth-order valence-corrected chi connectivity index (χ4v) is 3.33. The number of carbonyl (C=O) groups is 1. The van der Waals surface area contributed by atoms with Crippen LogP contribution in [0.3, 0.4) is 0 Å². The molecule has 1 aliphatic heterocycles. The van der Waals surface area contributed by atoms with Gasteiger partial charge in [-0.2, -0.15) is 0 Å². The maximum atomic E-state index is 12.8. The van der Waals surface area contributed by atoms with Crippen LogP contribution in [0.25, 0.3) is 5.65 Å². The molecule has 1 aliphatic rings. The van der Waals surface area contributed by atoms with Crippen molar-refractivity contribution >= 4 is 11.7 Å². The first-order valence-electron chi connectivity index (χ1n) is 8.43. The standard InChI is InChI=1S/C17H20N6O2/c1-11-10-14(25-21-11)13-6-5-9-22(13)17(24)18-12(2)16-20-19-15-7-3-4-8-23(15)16/h3-4,7-8,10,12-13H,5-6,9H2,1-2H3,(H,18,24). The van der Waals surface area contributed by atoms with Crippen molar-refractivity contribution < 1.29 is 9.32 Å². The van der Waals surface area contributed by atoms with Gasteiger partial charge in [-0.25, -0.2) is 4.79 Å². The van der Waals surface area contributed by atoms with Crippen molar-refractivity contribution in [2.75, 3.05) is 6.54 Å². The smallest absolute Gasteiger partial charge is 0.318 e.